The molecule has 0 spiro atoms. The molecule has 1 aromatic heterocycles. The highest BCUT2D eigenvalue weighted by molar-refractivity contribution is 5.99. The predicted molar refractivity (Wildman–Crippen MR) is 46.9 cm³/mol. The Kier molecular flexibility index (Phi) is 1.85. The van der Waals surface area contributed by atoms with Crippen LogP contribution in [0.2, 0.25) is 0 Å². The summed E-state index contributed by atoms with van der Waals surface area (Å²) in [5.74, 6) is -1.25. The molecule has 2 rings (SSSR count). The minimum atomic E-state index is -0.835. The summed E-state index contributed by atoms with van der Waals surface area (Å²) in [6.45, 7) is 0. The van der Waals surface area contributed by atoms with Crippen LogP contribution in [0, 0.1) is 0 Å². The number of hydrogen-bond donors (Lipinski definition) is 2. The Morgan fingerprint density at radius 1 is 1.43 bits per heavy atom. The number of ether oxygens (including phenoxy) is 1. The molecule has 1 aromatic rings. The number of nitrogens with two attached hydrogens (primary N) is 1. The average molecular weight is 192 g/mol. The number of carbonyl (C=O) groups is 1. The minimum absolute atomic E-state index is 0.225. The summed E-state index contributed by atoms with van der Waals surface area (Å²) in [6.07, 6.45) is 2.24. The lowest BCUT2D eigenvalue weighted by atomic mass is 10.1. The first-order chi connectivity index (χ1) is 6.70. The van der Waals surface area contributed by atoms with Gasteiger partial charge in [-0.3, -0.25) is 9.78 Å². The maximum absolute atomic E-state index is 11.4. The summed E-state index contributed by atoms with van der Waals surface area (Å²) < 4.78 is 5.00. The Balaban J connectivity index is 2.30. The number of ketones is 1. The molecule has 0 radical (unpaired) electrons. The van der Waals surface area contributed by atoms with E-state index in [-0.39, 0.29) is 5.88 Å². The molecule has 0 aromatic carbocycles. The second-order valence-corrected chi connectivity index (χ2v) is 2.86. The Labute approximate surface area is 79.8 Å². The molecule has 5 heteroatoms. The molecule has 5 nitrogen and oxygen atoms in total. The number of aromatic nitrogens is 1. The topological polar surface area (TPSA) is 85.4 Å². The molecule has 1 aliphatic heterocycles. The van der Waals surface area contributed by atoms with Crippen LogP contribution in [0.15, 0.2) is 36.2 Å². The number of rotatable bonds is 1. The van der Waals surface area contributed by atoms with Crippen molar-refractivity contribution in [3.8, 4) is 0 Å². The highest BCUT2D eigenvalue weighted by Gasteiger charge is 2.35. The number of aliphatic hydroxyl groups is 1. The molecule has 14 heavy (non-hydrogen) atoms. The first-order valence-corrected chi connectivity index (χ1v) is 3.99. The van der Waals surface area contributed by atoms with E-state index < -0.39 is 17.6 Å². The van der Waals surface area contributed by atoms with Crippen molar-refractivity contribution in [1.82, 2.24) is 4.98 Å². The molecular formula is C9H8N2O3. The van der Waals surface area contributed by atoms with E-state index in [1.807, 2.05) is 0 Å². The van der Waals surface area contributed by atoms with Crippen molar-refractivity contribution in [2.45, 2.75) is 6.10 Å². The van der Waals surface area contributed by atoms with Crippen LogP contribution in [-0.2, 0) is 9.53 Å². The van der Waals surface area contributed by atoms with Gasteiger partial charge in [-0.2, -0.15) is 0 Å². The molecule has 1 aliphatic rings. The fourth-order valence-electron chi connectivity index (χ4n) is 1.24. The molecule has 0 fully saturated rings. The standard InChI is InChI=1S/C9H8N2O3/c10-9-7(13)6(12)8(14-9)5-1-3-11-4-2-5/h1-4,8,13H,10H2/t8-/m0/s1. The summed E-state index contributed by atoms with van der Waals surface area (Å²) in [5, 5.41) is 9.16. The third-order valence-corrected chi connectivity index (χ3v) is 1.96. The molecule has 0 aliphatic carbocycles. The smallest absolute Gasteiger partial charge is 0.247 e. The lowest BCUT2D eigenvalue weighted by Crippen LogP contribution is -2.09. The zero-order valence-corrected chi connectivity index (χ0v) is 7.18. The fraction of sp³-hybridized carbons (Fsp3) is 0.111. The molecule has 0 saturated carbocycles. The van der Waals surface area contributed by atoms with Gasteiger partial charge in [0.25, 0.3) is 0 Å². The van der Waals surface area contributed by atoms with Gasteiger partial charge in [0.1, 0.15) is 0 Å². The van der Waals surface area contributed by atoms with Gasteiger partial charge in [-0.25, -0.2) is 0 Å². The number of aliphatic hydroxyl groups excluding tert-OH is 1. The second kappa shape index (κ2) is 3.02. The molecule has 0 bridgehead atoms. The van der Waals surface area contributed by atoms with Gasteiger partial charge in [-0.05, 0) is 12.1 Å². The Hall–Kier alpha value is -2.04. The number of pyridine rings is 1. The van der Waals surface area contributed by atoms with Crippen molar-refractivity contribution in [3.05, 3.63) is 41.7 Å². The Morgan fingerprint density at radius 3 is 2.57 bits per heavy atom. The van der Waals surface area contributed by atoms with Gasteiger partial charge in [0.15, 0.2) is 6.10 Å². The van der Waals surface area contributed by atoms with Crippen molar-refractivity contribution < 1.29 is 14.6 Å². The molecule has 2 heterocycles. The van der Waals surface area contributed by atoms with Crippen LogP contribution in [0.3, 0.4) is 0 Å². The van der Waals surface area contributed by atoms with E-state index >= 15 is 0 Å². The van der Waals surface area contributed by atoms with Gasteiger partial charge in [0.2, 0.25) is 17.4 Å². The molecule has 0 amide bonds. The van der Waals surface area contributed by atoms with E-state index in [4.69, 9.17) is 15.6 Å². The summed E-state index contributed by atoms with van der Waals surface area (Å²) in [4.78, 5) is 15.2. The maximum atomic E-state index is 11.4. The largest absolute Gasteiger partial charge is 0.501 e. The van der Waals surface area contributed by atoms with E-state index in [0.717, 1.165) is 0 Å². The predicted octanol–water partition coefficient (Wildman–Crippen LogP) is 0.408. The van der Waals surface area contributed by atoms with E-state index in [0.29, 0.717) is 5.56 Å². The van der Waals surface area contributed by atoms with Gasteiger partial charge >= 0.3 is 0 Å². The molecule has 0 saturated heterocycles. The third kappa shape index (κ3) is 1.19. The van der Waals surface area contributed by atoms with Gasteiger partial charge in [-0.1, -0.05) is 0 Å². The Bertz CT molecular complexity index is 400. The van der Waals surface area contributed by atoms with Crippen LogP contribution in [0.25, 0.3) is 0 Å². The van der Waals surface area contributed by atoms with Crippen LogP contribution in [-0.4, -0.2) is 15.9 Å². The maximum Gasteiger partial charge on any atom is 0.247 e. The SMILES string of the molecule is NC1=C(O)C(=O)[C@H](c2ccncc2)O1. The summed E-state index contributed by atoms with van der Waals surface area (Å²) in [6, 6.07) is 3.27. The van der Waals surface area contributed by atoms with Crippen LogP contribution >= 0.6 is 0 Å². The summed E-state index contributed by atoms with van der Waals surface area (Å²) in [7, 11) is 0. The fourth-order valence-corrected chi connectivity index (χ4v) is 1.24. The van der Waals surface area contributed by atoms with Crippen molar-refractivity contribution in [2.24, 2.45) is 5.73 Å². The number of carbonyl (C=O) groups excluding carboxylic acids is 1. The molecule has 1 atom stereocenters. The molecular weight excluding hydrogens is 184 g/mol. The number of Topliss-reactive ketones (excluding diaryl/α,β-unsaturated/α-hetero) is 1. The number of hydrogen-bond acceptors (Lipinski definition) is 5. The van der Waals surface area contributed by atoms with Gasteiger partial charge < -0.3 is 15.6 Å². The lowest BCUT2D eigenvalue weighted by Gasteiger charge is -2.08. The highest BCUT2D eigenvalue weighted by atomic mass is 16.5. The van der Waals surface area contributed by atoms with E-state index in [2.05, 4.69) is 4.98 Å². The van der Waals surface area contributed by atoms with E-state index in [1.54, 1.807) is 12.1 Å². The van der Waals surface area contributed by atoms with Crippen LogP contribution in [0.5, 0.6) is 0 Å². The van der Waals surface area contributed by atoms with Crippen LogP contribution < -0.4 is 5.73 Å². The second-order valence-electron chi connectivity index (χ2n) is 2.86. The summed E-state index contributed by atoms with van der Waals surface area (Å²) >= 11 is 0. The van der Waals surface area contributed by atoms with Gasteiger partial charge in [-0.15, -0.1) is 0 Å². The van der Waals surface area contributed by atoms with Crippen molar-refractivity contribution in [3.63, 3.8) is 0 Å². The monoisotopic (exact) mass is 192 g/mol. The first-order valence-electron chi connectivity index (χ1n) is 3.99. The van der Waals surface area contributed by atoms with Crippen molar-refractivity contribution >= 4 is 5.78 Å². The zero-order valence-electron chi connectivity index (χ0n) is 7.18. The normalized spacial score (nSPS) is 21.1. The molecule has 72 valence electrons. The van der Waals surface area contributed by atoms with E-state index in [1.165, 1.54) is 12.4 Å². The lowest BCUT2D eigenvalue weighted by molar-refractivity contribution is -0.123. The van der Waals surface area contributed by atoms with Crippen LogP contribution in [0.4, 0.5) is 0 Å². The van der Waals surface area contributed by atoms with Gasteiger partial charge in [0, 0.05) is 18.0 Å². The van der Waals surface area contributed by atoms with Crippen molar-refractivity contribution in [1.29, 1.82) is 0 Å². The molecule has 0 unspecified atom stereocenters. The van der Waals surface area contributed by atoms with Crippen molar-refractivity contribution in [2.75, 3.05) is 0 Å². The van der Waals surface area contributed by atoms with Gasteiger partial charge in [0.05, 0.1) is 0 Å². The molecule has 3 N–H and O–H groups in total. The average Bonchev–Trinajstić information content (AvgIpc) is 2.47. The van der Waals surface area contributed by atoms with E-state index in [9.17, 15) is 4.79 Å². The number of nitrogens with zero attached hydrogens (tertiary/aromatic N) is 1. The third-order valence-electron chi connectivity index (χ3n) is 1.96. The zero-order chi connectivity index (χ0) is 10.1. The Morgan fingerprint density at radius 2 is 2.07 bits per heavy atom. The van der Waals surface area contributed by atoms with Crippen LogP contribution in [0.1, 0.15) is 11.7 Å². The quantitative estimate of drug-likeness (QED) is 0.673. The first kappa shape index (κ1) is 8.55. The minimum Gasteiger partial charge on any atom is -0.501 e. The summed E-state index contributed by atoms with van der Waals surface area (Å²) in [5.41, 5.74) is 5.89. The highest BCUT2D eigenvalue weighted by Crippen LogP contribution is 2.28.